The Morgan fingerprint density at radius 1 is 1.11 bits per heavy atom. The molecule has 0 aliphatic rings. The third-order valence-electron chi connectivity index (χ3n) is 5.53. The molecule has 4 aromatic rings. The average Bonchev–Trinajstić information content (AvgIpc) is 3.14. The van der Waals surface area contributed by atoms with E-state index >= 15 is 0 Å². The molecule has 1 heterocycles. The first kappa shape index (κ1) is 26.5. The molecule has 0 atom stereocenters. The number of halogens is 4. The average molecular weight is 561 g/mol. The van der Waals surface area contributed by atoms with Crippen LogP contribution in [-0.2, 0) is 18.4 Å². The minimum Gasteiger partial charge on any atom is -0.348 e. The fourth-order valence-corrected chi connectivity index (χ4v) is 4.27. The van der Waals surface area contributed by atoms with Crippen molar-refractivity contribution in [2.45, 2.75) is 13.5 Å². The van der Waals surface area contributed by atoms with Crippen molar-refractivity contribution in [2.75, 3.05) is 10.6 Å². The van der Waals surface area contributed by atoms with Crippen molar-refractivity contribution in [3.05, 3.63) is 92.7 Å². The smallest absolute Gasteiger partial charge is 0.258 e. The second kappa shape index (κ2) is 10.8. The van der Waals surface area contributed by atoms with E-state index in [0.29, 0.717) is 49.5 Å². The van der Waals surface area contributed by atoms with Crippen molar-refractivity contribution in [3.63, 3.8) is 0 Å². The number of aryl methyl sites for hydroxylation is 1. The molecule has 0 fully saturated rings. The first-order chi connectivity index (χ1) is 17.5. The Hall–Kier alpha value is -3.59. The lowest BCUT2D eigenvalue weighted by molar-refractivity contribution is -0.117. The molecular formula is C26H21Cl3FN5O2. The summed E-state index contributed by atoms with van der Waals surface area (Å²) >= 11 is 18.9. The molecule has 0 bridgehead atoms. The Labute approximate surface area is 227 Å². The summed E-state index contributed by atoms with van der Waals surface area (Å²) in [4.78, 5) is 29.1. The number of amides is 2. The molecule has 0 unspecified atom stereocenters. The lowest BCUT2D eigenvalue weighted by atomic mass is 10.1. The topological polar surface area (TPSA) is 88.1 Å². The van der Waals surface area contributed by atoms with Crippen LogP contribution in [-0.4, -0.2) is 21.4 Å². The van der Waals surface area contributed by atoms with Crippen molar-refractivity contribution in [3.8, 4) is 0 Å². The Bertz CT molecular complexity index is 1570. The predicted octanol–water partition coefficient (Wildman–Crippen LogP) is 6.86. The summed E-state index contributed by atoms with van der Waals surface area (Å²) < 4.78 is 16.5. The van der Waals surface area contributed by atoms with E-state index in [1.54, 1.807) is 54.9 Å². The highest BCUT2D eigenvalue weighted by molar-refractivity contribution is 6.39. The number of nitrogens with zero attached hydrogens (tertiary/aromatic N) is 2. The number of carbonyl (C=O) groups is 2. The lowest BCUT2D eigenvalue weighted by Gasteiger charge is -2.14. The van der Waals surface area contributed by atoms with Gasteiger partial charge in [0, 0.05) is 35.9 Å². The van der Waals surface area contributed by atoms with Gasteiger partial charge in [-0.15, -0.1) is 0 Å². The third-order valence-corrected chi connectivity index (χ3v) is 6.51. The second-order valence-electron chi connectivity index (χ2n) is 8.26. The van der Waals surface area contributed by atoms with Crippen molar-refractivity contribution < 1.29 is 14.0 Å². The predicted molar refractivity (Wildman–Crippen MR) is 146 cm³/mol. The summed E-state index contributed by atoms with van der Waals surface area (Å²) in [6, 6.07) is 12.5. The van der Waals surface area contributed by atoms with Crippen LogP contribution in [0.3, 0.4) is 0 Å². The van der Waals surface area contributed by atoms with Crippen molar-refractivity contribution in [1.82, 2.24) is 14.9 Å². The molecule has 190 valence electrons. The molecule has 0 spiro atoms. The number of benzene rings is 3. The van der Waals surface area contributed by atoms with E-state index in [-0.39, 0.29) is 23.0 Å². The van der Waals surface area contributed by atoms with Gasteiger partial charge in [-0.05, 0) is 42.8 Å². The zero-order valence-electron chi connectivity index (χ0n) is 19.8. The largest absolute Gasteiger partial charge is 0.348 e. The number of carbonyl (C=O) groups excluding carboxylic acids is 2. The van der Waals surface area contributed by atoms with Gasteiger partial charge in [0.25, 0.3) is 5.91 Å². The zero-order valence-corrected chi connectivity index (χ0v) is 22.0. The van der Waals surface area contributed by atoms with Crippen LogP contribution in [0.1, 0.15) is 22.8 Å². The molecule has 11 heteroatoms. The van der Waals surface area contributed by atoms with E-state index in [4.69, 9.17) is 34.8 Å². The first-order valence-electron chi connectivity index (χ1n) is 11.0. The summed E-state index contributed by atoms with van der Waals surface area (Å²) in [6.45, 7) is 5.37. The van der Waals surface area contributed by atoms with Gasteiger partial charge in [-0.2, -0.15) is 0 Å². The van der Waals surface area contributed by atoms with Crippen molar-refractivity contribution in [1.29, 1.82) is 0 Å². The Kier molecular flexibility index (Phi) is 7.73. The summed E-state index contributed by atoms with van der Waals surface area (Å²) in [5.74, 6) is -1.34. The van der Waals surface area contributed by atoms with E-state index in [9.17, 15) is 14.0 Å². The van der Waals surface area contributed by atoms with E-state index < -0.39 is 11.7 Å². The fourth-order valence-electron chi connectivity index (χ4n) is 3.55. The molecule has 37 heavy (non-hydrogen) atoms. The van der Waals surface area contributed by atoms with Gasteiger partial charge in [-0.25, -0.2) is 9.37 Å². The molecule has 2 amide bonds. The quantitative estimate of drug-likeness (QED) is 0.216. The second-order valence-corrected chi connectivity index (χ2v) is 9.48. The van der Waals surface area contributed by atoms with Crippen LogP contribution in [0.2, 0.25) is 15.1 Å². The molecule has 0 radical (unpaired) electrons. The highest BCUT2D eigenvalue weighted by Gasteiger charge is 2.19. The zero-order chi connectivity index (χ0) is 26.9. The molecule has 0 aliphatic carbocycles. The van der Waals surface area contributed by atoms with Gasteiger partial charge in [0.05, 0.1) is 32.3 Å². The van der Waals surface area contributed by atoms with Gasteiger partial charge in [0.1, 0.15) is 5.82 Å². The van der Waals surface area contributed by atoms with Gasteiger partial charge in [0.2, 0.25) is 11.9 Å². The molecule has 3 N–H and O–H groups in total. The number of aromatic nitrogens is 2. The Morgan fingerprint density at radius 3 is 2.57 bits per heavy atom. The highest BCUT2D eigenvalue weighted by atomic mass is 35.5. The van der Waals surface area contributed by atoms with Crippen LogP contribution >= 0.6 is 34.8 Å². The van der Waals surface area contributed by atoms with Crippen LogP contribution in [0.4, 0.5) is 21.7 Å². The van der Waals surface area contributed by atoms with Crippen LogP contribution in [0.15, 0.2) is 60.7 Å². The summed E-state index contributed by atoms with van der Waals surface area (Å²) in [5, 5.41) is 9.48. The number of fused-ring (bicyclic) bond motifs is 1. The van der Waals surface area contributed by atoms with Gasteiger partial charge >= 0.3 is 0 Å². The fraction of sp³-hybridized carbons (Fsp3) is 0.115. The maximum atomic E-state index is 14.9. The van der Waals surface area contributed by atoms with E-state index in [1.165, 1.54) is 12.1 Å². The number of hydrogen-bond acceptors (Lipinski definition) is 4. The van der Waals surface area contributed by atoms with E-state index in [0.717, 1.165) is 0 Å². The maximum Gasteiger partial charge on any atom is 0.258 e. The van der Waals surface area contributed by atoms with E-state index in [1.807, 2.05) is 0 Å². The number of anilines is 3. The summed E-state index contributed by atoms with van der Waals surface area (Å²) in [7, 11) is 1.68. The first-order valence-corrected chi connectivity index (χ1v) is 12.1. The molecule has 0 saturated carbocycles. The van der Waals surface area contributed by atoms with Gasteiger partial charge in [0.15, 0.2) is 0 Å². The highest BCUT2D eigenvalue weighted by Crippen LogP contribution is 2.36. The molecule has 4 rings (SSSR count). The molecule has 0 aliphatic heterocycles. The normalized spacial score (nSPS) is 10.9. The SMILES string of the molecule is C=C(C)C(=O)NCc1ccc(Cl)c(Nc2nc3cc(C(=O)Nc4cccc(Cl)c4)c(F)cc3n2C)c1Cl. The Balaban J connectivity index is 1.63. The Morgan fingerprint density at radius 2 is 1.86 bits per heavy atom. The molecule has 1 aromatic heterocycles. The summed E-state index contributed by atoms with van der Waals surface area (Å²) in [6.07, 6.45) is 0. The van der Waals surface area contributed by atoms with Gasteiger partial charge < -0.3 is 20.5 Å². The minimum atomic E-state index is -0.715. The van der Waals surface area contributed by atoms with Gasteiger partial charge in [-0.3, -0.25) is 9.59 Å². The lowest BCUT2D eigenvalue weighted by Crippen LogP contribution is -2.23. The van der Waals surface area contributed by atoms with Crippen LogP contribution in [0.5, 0.6) is 0 Å². The van der Waals surface area contributed by atoms with E-state index in [2.05, 4.69) is 27.5 Å². The summed E-state index contributed by atoms with van der Waals surface area (Å²) in [5.41, 5.74) is 2.43. The molecule has 3 aromatic carbocycles. The molecular weight excluding hydrogens is 540 g/mol. The molecule has 7 nitrogen and oxygen atoms in total. The van der Waals surface area contributed by atoms with Crippen LogP contribution in [0, 0.1) is 5.82 Å². The maximum absolute atomic E-state index is 14.9. The number of hydrogen-bond donors (Lipinski definition) is 3. The third kappa shape index (κ3) is 5.72. The van der Waals surface area contributed by atoms with Crippen molar-refractivity contribution in [2.24, 2.45) is 7.05 Å². The number of rotatable bonds is 7. The monoisotopic (exact) mass is 559 g/mol. The van der Waals surface area contributed by atoms with Crippen molar-refractivity contribution >= 4 is 75.0 Å². The van der Waals surface area contributed by atoms with Crippen LogP contribution in [0.25, 0.3) is 11.0 Å². The standard InChI is InChI=1S/C26H21Cl3FN5O2/c1-13(2)24(36)31-12-14-7-8-18(28)23(22(14)29)34-26-33-20-10-17(19(30)11-21(20)35(26)3)25(37)32-16-6-4-5-15(27)9-16/h4-11H,1,12H2,2-3H3,(H,31,36)(H,32,37)(H,33,34). The van der Waals surface area contributed by atoms with Crippen LogP contribution < -0.4 is 16.0 Å². The minimum absolute atomic E-state index is 0.162. The van der Waals surface area contributed by atoms with Gasteiger partial charge in [-0.1, -0.05) is 53.5 Å². The number of imidazole rings is 1. The number of nitrogens with one attached hydrogen (secondary N) is 3. The molecule has 0 saturated heterocycles.